The van der Waals surface area contributed by atoms with E-state index >= 15 is 0 Å². The van der Waals surface area contributed by atoms with Crippen LogP contribution in [0.3, 0.4) is 0 Å². The van der Waals surface area contributed by atoms with E-state index in [4.69, 9.17) is 0 Å². The molecule has 0 aliphatic carbocycles. The first kappa shape index (κ1) is 18.5. The van der Waals surface area contributed by atoms with E-state index in [0.29, 0.717) is 18.1 Å². The number of halogens is 2. The predicted octanol–water partition coefficient (Wildman–Crippen LogP) is 5.27. The van der Waals surface area contributed by atoms with Crippen molar-refractivity contribution in [1.82, 2.24) is 5.32 Å². The molecule has 1 heterocycles. The number of thioether (sulfide) groups is 1. The number of aromatic hydroxyl groups is 1. The van der Waals surface area contributed by atoms with Crippen molar-refractivity contribution < 1.29 is 9.90 Å². The van der Waals surface area contributed by atoms with Crippen molar-refractivity contribution in [3.05, 3.63) is 60.0 Å². The van der Waals surface area contributed by atoms with Crippen molar-refractivity contribution >= 4 is 73.1 Å². The lowest BCUT2D eigenvalue weighted by molar-refractivity contribution is -0.115. The molecule has 2 aromatic rings. The number of carbonyl (C=O) groups excluding carboxylic acids is 1. The molecule has 0 aromatic heterocycles. The molecule has 0 spiro atoms. The van der Waals surface area contributed by atoms with E-state index in [9.17, 15) is 9.90 Å². The summed E-state index contributed by atoms with van der Waals surface area (Å²) in [7, 11) is 0. The van der Waals surface area contributed by atoms with Crippen LogP contribution in [-0.2, 0) is 4.79 Å². The van der Waals surface area contributed by atoms with Crippen LogP contribution < -0.4 is 5.32 Å². The van der Waals surface area contributed by atoms with Crippen LogP contribution in [0.1, 0.15) is 16.7 Å². The Morgan fingerprint density at radius 2 is 1.88 bits per heavy atom. The van der Waals surface area contributed by atoms with Crippen LogP contribution in [0.25, 0.3) is 6.08 Å². The molecule has 2 N–H and O–H groups in total. The number of amides is 1. The normalized spacial score (nSPS) is 17.4. The SMILES string of the molecule is Cc1cc(C)cc(N=C2NC(=O)/C(=C/c3cc(Br)c(O)c(I)c3)S2)c1. The lowest BCUT2D eigenvalue weighted by atomic mass is 10.1. The average Bonchev–Trinajstić information content (AvgIpc) is 2.83. The third-order valence-corrected chi connectivity index (χ3v) is 5.76. The first-order chi connectivity index (χ1) is 11.8. The number of carbonyl (C=O) groups is 1. The molecule has 128 valence electrons. The fraction of sp³-hybridized carbons (Fsp3) is 0.111. The van der Waals surface area contributed by atoms with E-state index in [1.54, 1.807) is 12.1 Å². The molecular weight excluding hydrogens is 515 g/mol. The minimum absolute atomic E-state index is 0.174. The molecule has 0 bridgehead atoms. The molecule has 1 saturated heterocycles. The molecule has 0 radical (unpaired) electrons. The van der Waals surface area contributed by atoms with Crippen molar-refractivity contribution in [2.75, 3.05) is 0 Å². The van der Waals surface area contributed by atoms with Crippen molar-refractivity contribution in [3.63, 3.8) is 0 Å². The van der Waals surface area contributed by atoms with Crippen LogP contribution in [0.5, 0.6) is 5.75 Å². The van der Waals surface area contributed by atoms with Crippen molar-refractivity contribution in [1.29, 1.82) is 0 Å². The summed E-state index contributed by atoms with van der Waals surface area (Å²) in [6.45, 7) is 4.04. The molecule has 25 heavy (non-hydrogen) atoms. The van der Waals surface area contributed by atoms with Gasteiger partial charge in [-0.1, -0.05) is 6.07 Å². The van der Waals surface area contributed by atoms with Crippen LogP contribution >= 0.6 is 50.3 Å². The number of rotatable bonds is 2. The summed E-state index contributed by atoms with van der Waals surface area (Å²) in [4.78, 5) is 17.3. The number of hydrogen-bond acceptors (Lipinski definition) is 4. The highest BCUT2D eigenvalue weighted by molar-refractivity contribution is 14.1. The summed E-state index contributed by atoms with van der Waals surface area (Å²) < 4.78 is 1.31. The van der Waals surface area contributed by atoms with Gasteiger partial charge in [-0.2, -0.15) is 0 Å². The van der Waals surface area contributed by atoms with E-state index in [2.05, 4.69) is 54.9 Å². The Kier molecular flexibility index (Phi) is 5.55. The number of nitrogens with one attached hydrogen (secondary N) is 1. The summed E-state index contributed by atoms with van der Waals surface area (Å²) in [6.07, 6.45) is 1.79. The van der Waals surface area contributed by atoms with Gasteiger partial charge in [0.1, 0.15) is 5.75 Å². The second-order valence-corrected chi connectivity index (χ2v) is 8.71. The topological polar surface area (TPSA) is 61.7 Å². The molecule has 1 amide bonds. The van der Waals surface area contributed by atoms with Gasteiger partial charge in [0.05, 0.1) is 18.6 Å². The van der Waals surface area contributed by atoms with Crippen molar-refractivity contribution in [2.45, 2.75) is 13.8 Å². The molecule has 0 atom stereocenters. The number of amidine groups is 1. The Labute approximate surface area is 172 Å². The van der Waals surface area contributed by atoms with Gasteiger partial charge in [0, 0.05) is 0 Å². The maximum atomic E-state index is 12.2. The van der Waals surface area contributed by atoms with Gasteiger partial charge in [-0.15, -0.1) is 0 Å². The van der Waals surface area contributed by atoms with E-state index in [1.807, 2.05) is 32.0 Å². The standard InChI is InChI=1S/C18H14BrIN2O2S/c1-9-3-10(2)5-12(4-9)21-18-22-17(24)15(25-18)8-11-6-13(19)16(23)14(20)7-11/h3-8,23H,1-2H3,(H,21,22,24)/b15-8-. The molecule has 0 unspecified atom stereocenters. The molecular formula is C18H14BrIN2O2S. The summed E-state index contributed by atoms with van der Waals surface area (Å²) in [5, 5.41) is 13.2. The highest BCUT2D eigenvalue weighted by Crippen LogP contribution is 2.33. The Morgan fingerprint density at radius 1 is 1.20 bits per heavy atom. The third kappa shape index (κ3) is 4.45. The molecule has 7 heteroatoms. The summed E-state index contributed by atoms with van der Waals surface area (Å²) in [6, 6.07) is 9.64. The first-order valence-electron chi connectivity index (χ1n) is 7.38. The van der Waals surface area contributed by atoms with Crippen LogP contribution in [-0.4, -0.2) is 16.2 Å². The molecule has 3 rings (SSSR count). The van der Waals surface area contributed by atoms with Crippen LogP contribution in [0, 0.1) is 17.4 Å². The second-order valence-electron chi connectivity index (χ2n) is 5.66. The number of phenolic OH excluding ortho intramolecular Hbond substituents is 1. The summed E-state index contributed by atoms with van der Waals surface area (Å²) in [5.41, 5.74) is 3.92. The highest BCUT2D eigenvalue weighted by atomic mass is 127. The zero-order chi connectivity index (χ0) is 18.1. The van der Waals surface area contributed by atoms with Gasteiger partial charge in [-0.05, 0) is 111 Å². The maximum Gasteiger partial charge on any atom is 0.264 e. The predicted molar refractivity (Wildman–Crippen MR) is 115 cm³/mol. The second kappa shape index (κ2) is 7.51. The van der Waals surface area contributed by atoms with Gasteiger partial charge in [0.25, 0.3) is 5.91 Å². The fourth-order valence-corrected chi connectivity index (χ4v) is 4.77. The average molecular weight is 529 g/mol. The van der Waals surface area contributed by atoms with Gasteiger partial charge in [-0.3, -0.25) is 4.79 Å². The maximum absolute atomic E-state index is 12.2. The molecule has 4 nitrogen and oxygen atoms in total. The molecule has 2 aromatic carbocycles. The van der Waals surface area contributed by atoms with Crippen molar-refractivity contribution in [3.8, 4) is 5.75 Å². The number of phenols is 1. The van der Waals surface area contributed by atoms with E-state index in [-0.39, 0.29) is 11.7 Å². The highest BCUT2D eigenvalue weighted by Gasteiger charge is 2.24. The Bertz CT molecular complexity index is 897. The van der Waals surface area contributed by atoms with E-state index in [1.165, 1.54) is 11.8 Å². The minimum Gasteiger partial charge on any atom is -0.506 e. The first-order valence-corrected chi connectivity index (χ1v) is 10.1. The molecule has 1 aliphatic heterocycles. The number of nitrogens with zero attached hydrogens (tertiary/aromatic N) is 1. The lowest BCUT2D eigenvalue weighted by Crippen LogP contribution is -2.19. The van der Waals surface area contributed by atoms with Crippen LogP contribution in [0.4, 0.5) is 5.69 Å². The van der Waals surface area contributed by atoms with Crippen LogP contribution in [0.15, 0.2) is 44.7 Å². The Balaban J connectivity index is 1.88. The lowest BCUT2D eigenvalue weighted by Gasteiger charge is -2.02. The van der Waals surface area contributed by atoms with E-state index in [0.717, 1.165) is 22.4 Å². The zero-order valence-corrected chi connectivity index (χ0v) is 18.0. The summed E-state index contributed by atoms with van der Waals surface area (Å²) >= 11 is 6.67. The van der Waals surface area contributed by atoms with Gasteiger partial charge in [0.15, 0.2) is 5.17 Å². The Morgan fingerprint density at radius 3 is 2.52 bits per heavy atom. The third-order valence-electron chi connectivity index (χ3n) is 3.42. The van der Waals surface area contributed by atoms with Crippen LogP contribution in [0.2, 0.25) is 0 Å². The molecule has 1 aliphatic rings. The van der Waals surface area contributed by atoms with Gasteiger partial charge < -0.3 is 10.4 Å². The minimum atomic E-state index is -0.174. The Hall–Kier alpha value is -1.32. The summed E-state index contributed by atoms with van der Waals surface area (Å²) in [5.74, 6) is 0.0238. The molecule has 1 fully saturated rings. The zero-order valence-electron chi connectivity index (χ0n) is 13.4. The van der Waals surface area contributed by atoms with Crippen molar-refractivity contribution in [2.24, 2.45) is 4.99 Å². The number of benzene rings is 2. The number of aliphatic imine (C=N–C) groups is 1. The fourth-order valence-electron chi connectivity index (χ4n) is 2.43. The largest absolute Gasteiger partial charge is 0.506 e. The van der Waals surface area contributed by atoms with E-state index < -0.39 is 0 Å². The molecule has 0 saturated carbocycles. The van der Waals surface area contributed by atoms with Gasteiger partial charge in [0.2, 0.25) is 0 Å². The van der Waals surface area contributed by atoms with Gasteiger partial charge >= 0.3 is 0 Å². The van der Waals surface area contributed by atoms with Gasteiger partial charge in [-0.25, -0.2) is 4.99 Å². The number of aryl methyl sites for hydroxylation is 2. The smallest absolute Gasteiger partial charge is 0.264 e. The quantitative estimate of drug-likeness (QED) is 0.412. The number of hydrogen-bond donors (Lipinski definition) is 2. The monoisotopic (exact) mass is 528 g/mol.